The Morgan fingerprint density at radius 2 is 2.09 bits per heavy atom. The third kappa shape index (κ3) is 4.89. The number of rotatable bonds is 6. The van der Waals surface area contributed by atoms with Crippen molar-refractivity contribution in [3.05, 3.63) is 58.6 Å². The third-order valence-electron chi connectivity index (χ3n) is 2.80. The summed E-state index contributed by atoms with van der Waals surface area (Å²) in [7, 11) is 1.59. The van der Waals surface area contributed by atoms with Gasteiger partial charge in [-0.2, -0.15) is 5.10 Å². The first-order chi connectivity index (χ1) is 10.7. The summed E-state index contributed by atoms with van der Waals surface area (Å²) in [5.74, 6) is 0.449. The van der Waals surface area contributed by atoms with E-state index in [4.69, 9.17) is 4.74 Å². The van der Waals surface area contributed by atoms with Crippen molar-refractivity contribution in [2.45, 2.75) is 0 Å². The molecule has 0 heterocycles. The number of methoxy groups -OCH3 is 1. The number of halogens is 1. The minimum absolute atomic E-state index is 0.107. The predicted molar refractivity (Wildman–Crippen MR) is 91.4 cm³/mol. The Morgan fingerprint density at radius 1 is 1.27 bits per heavy atom. The number of ether oxygens (including phenoxy) is 1. The van der Waals surface area contributed by atoms with Crippen LogP contribution in [0.25, 0.3) is 0 Å². The van der Waals surface area contributed by atoms with E-state index >= 15 is 0 Å². The second-order valence-electron chi connectivity index (χ2n) is 4.40. The van der Waals surface area contributed by atoms with Gasteiger partial charge in [0.05, 0.1) is 25.6 Å². The quantitative estimate of drug-likeness (QED) is 0.613. The molecular formula is C16H16BrN3O2. The van der Waals surface area contributed by atoms with Crippen LogP contribution in [0, 0.1) is 0 Å². The van der Waals surface area contributed by atoms with Gasteiger partial charge >= 0.3 is 0 Å². The van der Waals surface area contributed by atoms with Gasteiger partial charge in [0.2, 0.25) is 0 Å². The van der Waals surface area contributed by atoms with Crippen LogP contribution in [0.2, 0.25) is 0 Å². The molecule has 114 valence electrons. The lowest BCUT2D eigenvalue weighted by molar-refractivity contribution is -0.119. The van der Waals surface area contributed by atoms with Crippen LogP contribution >= 0.6 is 15.9 Å². The zero-order valence-corrected chi connectivity index (χ0v) is 13.6. The van der Waals surface area contributed by atoms with Crippen molar-refractivity contribution in [2.75, 3.05) is 19.0 Å². The molecule has 1 amide bonds. The van der Waals surface area contributed by atoms with E-state index in [-0.39, 0.29) is 12.5 Å². The van der Waals surface area contributed by atoms with Crippen LogP contribution in [0.15, 0.2) is 58.1 Å². The van der Waals surface area contributed by atoms with E-state index in [0.717, 1.165) is 15.7 Å². The van der Waals surface area contributed by atoms with Gasteiger partial charge in [-0.3, -0.25) is 4.79 Å². The summed E-state index contributed by atoms with van der Waals surface area (Å²) in [4.78, 5) is 11.7. The van der Waals surface area contributed by atoms with Crippen LogP contribution in [0.1, 0.15) is 5.56 Å². The zero-order chi connectivity index (χ0) is 15.8. The highest BCUT2D eigenvalue weighted by Crippen LogP contribution is 2.22. The highest BCUT2D eigenvalue weighted by molar-refractivity contribution is 9.10. The second-order valence-corrected chi connectivity index (χ2v) is 5.32. The summed E-state index contributed by atoms with van der Waals surface area (Å²) < 4.78 is 6.16. The normalized spacial score (nSPS) is 10.5. The Balaban J connectivity index is 1.83. The molecule has 0 unspecified atom stereocenters. The Labute approximate surface area is 137 Å². The molecule has 2 aromatic rings. The van der Waals surface area contributed by atoms with Crippen LogP contribution in [0.5, 0.6) is 5.75 Å². The lowest BCUT2D eigenvalue weighted by atomic mass is 10.2. The number of nitrogens with zero attached hydrogens (tertiary/aromatic N) is 1. The summed E-state index contributed by atoms with van der Waals surface area (Å²) in [6.07, 6.45) is 1.59. The van der Waals surface area contributed by atoms with Crippen molar-refractivity contribution in [3.63, 3.8) is 0 Å². The molecule has 2 aromatic carbocycles. The van der Waals surface area contributed by atoms with Gasteiger partial charge in [0.1, 0.15) is 5.75 Å². The molecule has 0 fully saturated rings. The van der Waals surface area contributed by atoms with Gasteiger partial charge in [-0.05, 0) is 29.8 Å². The largest absolute Gasteiger partial charge is 0.495 e. The van der Waals surface area contributed by atoms with Crippen molar-refractivity contribution in [1.82, 2.24) is 5.43 Å². The van der Waals surface area contributed by atoms with E-state index in [1.165, 1.54) is 0 Å². The third-order valence-corrected chi connectivity index (χ3v) is 3.29. The Morgan fingerprint density at radius 3 is 2.86 bits per heavy atom. The molecule has 0 aliphatic rings. The average Bonchev–Trinajstić information content (AvgIpc) is 2.53. The van der Waals surface area contributed by atoms with Crippen LogP contribution in [0.3, 0.4) is 0 Å². The van der Waals surface area contributed by atoms with E-state index in [0.29, 0.717) is 5.75 Å². The highest BCUT2D eigenvalue weighted by atomic mass is 79.9. The fraction of sp³-hybridized carbons (Fsp3) is 0.125. The van der Waals surface area contributed by atoms with Gasteiger partial charge in [0, 0.05) is 4.47 Å². The van der Waals surface area contributed by atoms with Crippen LogP contribution in [-0.4, -0.2) is 25.8 Å². The molecule has 0 aromatic heterocycles. The molecule has 0 bridgehead atoms. The number of hydrogen-bond acceptors (Lipinski definition) is 4. The van der Waals surface area contributed by atoms with Crippen molar-refractivity contribution in [3.8, 4) is 5.75 Å². The van der Waals surface area contributed by atoms with Crippen LogP contribution in [0.4, 0.5) is 5.69 Å². The lowest BCUT2D eigenvalue weighted by Gasteiger charge is -2.09. The minimum atomic E-state index is -0.239. The Hall–Kier alpha value is -2.34. The fourth-order valence-electron chi connectivity index (χ4n) is 1.77. The summed E-state index contributed by atoms with van der Waals surface area (Å²) in [5, 5.41) is 6.92. The van der Waals surface area contributed by atoms with E-state index in [2.05, 4.69) is 31.8 Å². The van der Waals surface area contributed by atoms with Gasteiger partial charge < -0.3 is 10.1 Å². The number of hydrazone groups is 1. The van der Waals surface area contributed by atoms with Gasteiger partial charge in [-0.25, -0.2) is 5.43 Å². The fourth-order valence-corrected chi connectivity index (χ4v) is 2.19. The molecule has 0 saturated heterocycles. The smallest absolute Gasteiger partial charge is 0.259 e. The van der Waals surface area contributed by atoms with Gasteiger partial charge in [-0.15, -0.1) is 0 Å². The Kier molecular flexibility index (Phi) is 5.97. The average molecular weight is 362 g/mol. The highest BCUT2D eigenvalue weighted by Gasteiger charge is 2.03. The number of carbonyl (C=O) groups is 1. The number of amides is 1. The SMILES string of the molecule is COc1ccccc1NCC(=O)N/N=C/c1cccc(Br)c1. The number of nitrogens with one attached hydrogen (secondary N) is 2. The molecule has 0 atom stereocenters. The standard InChI is InChI=1S/C16H16BrN3O2/c1-22-15-8-3-2-7-14(15)18-11-16(21)20-19-10-12-5-4-6-13(17)9-12/h2-10,18H,11H2,1H3,(H,20,21)/b19-10+. The second kappa shape index (κ2) is 8.19. The topological polar surface area (TPSA) is 62.7 Å². The minimum Gasteiger partial charge on any atom is -0.495 e. The molecule has 0 spiro atoms. The molecule has 0 radical (unpaired) electrons. The number of para-hydroxylation sites is 2. The molecule has 5 nitrogen and oxygen atoms in total. The van der Waals surface area contributed by atoms with Crippen molar-refractivity contribution >= 4 is 33.7 Å². The molecule has 0 aliphatic heterocycles. The van der Waals surface area contributed by atoms with Gasteiger partial charge in [0.15, 0.2) is 0 Å². The number of carbonyl (C=O) groups excluding carboxylic acids is 1. The monoisotopic (exact) mass is 361 g/mol. The molecule has 2 rings (SSSR count). The maximum Gasteiger partial charge on any atom is 0.259 e. The summed E-state index contributed by atoms with van der Waals surface area (Å²) >= 11 is 3.38. The molecule has 0 saturated carbocycles. The molecule has 2 N–H and O–H groups in total. The first kappa shape index (κ1) is 16.0. The van der Waals surface area contributed by atoms with Gasteiger partial charge in [-0.1, -0.05) is 40.2 Å². The Bertz CT molecular complexity index is 674. The van der Waals surface area contributed by atoms with Crippen LogP contribution < -0.4 is 15.5 Å². The first-order valence-electron chi connectivity index (χ1n) is 6.63. The number of hydrogen-bond donors (Lipinski definition) is 2. The summed E-state index contributed by atoms with van der Waals surface area (Å²) in [6, 6.07) is 15.0. The van der Waals surface area contributed by atoms with Crippen molar-refractivity contribution in [2.24, 2.45) is 5.10 Å². The van der Waals surface area contributed by atoms with E-state index in [1.54, 1.807) is 13.3 Å². The van der Waals surface area contributed by atoms with E-state index in [1.807, 2.05) is 48.5 Å². The van der Waals surface area contributed by atoms with E-state index < -0.39 is 0 Å². The maximum atomic E-state index is 11.7. The molecule has 6 heteroatoms. The first-order valence-corrected chi connectivity index (χ1v) is 7.42. The number of anilines is 1. The van der Waals surface area contributed by atoms with Gasteiger partial charge in [0.25, 0.3) is 5.91 Å². The summed E-state index contributed by atoms with van der Waals surface area (Å²) in [5.41, 5.74) is 4.13. The van der Waals surface area contributed by atoms with Crippen molar-refractivity contribution < 1.29 is 9.53 Å². The zero-order valence-electron chi connectivity index (χ0n) is 12.0. The summed E-state index contributed by atoms with van der Waals surface area (Å²) in [6.45, 7) is 0.107. The molecule has 22 heavy (non-hydrogen) atoms. The molecule has 0 aliphatic carbocycles. The maximum absolute atomic E-state index is 11.7. The predicted octanol–water partition coefficient (Wildman–Crippen LogP) is 3.02. The lowest BCUT2D eigenvalue weighted by Crippen LogP contribution is -2.26. The number of benzene rings is 2. The molecular weight excluding hydrogens is 346 g/mol. The van der Waals surface area contributed by atoms with Crippen LogP contribution in [-0.2, 0) is 4.79 Å². The van der Waals surface area contributed by atoms with Crippen molar-refractivity contribution in [1.29, 1.82) is 0 Å². The van der Waals surface area contributed by atoms with E-state index in [9.17, 15) is 4.79 Å².